The topological polar surface area (TPSA) is 91.3 Å². The predicted molar refractivity (Wildman–Crippen MR) is 124 cm³/mol. The molecule has 0 saturated carbocycles. The summed E-state index contributed by atoms with van der Waals surface area (Å²) in [4.78, 5) is 38.1. The van der Waals surface area contributed by atoms with E-state index in [1.807, 2.05) is 37.3 Å². The summed E-state index contributed by atoms with van der Waals surface area (Å²) >= 11 is 7.21. The van der Waals surface area contributed by atoms with Crippen LogP contribution in [0, 0.1) is 6.92 Å². The number of anilines is 1. The van der Waals surface area contributed by atoms with Crippen molar-refractivity contribution in [1.82, 2.24) is 10.3 Å². The second kappa shape index (κ2) is 8.48. The second-order valence-corrected chi connectivity index (χ2v) is 9.01. The number of carbonyl (C=O) groups is 3. The maximum atomic E-state index is 13.8. The number of fused-ring (bicyclic) bond motifs is 2. The minimum absolute atomic E-state index is 0.197. The number of hydrazone groups is 1. The second-order valence-electron chi connectivity index (χ2n) is 7.42. The lowest BCUT2D eigenvalue weighted by molar-refractivity contribution is -0.139. The molecule has 0 bridgehead atoms. The average molecular weight is 473 g/mol. The number of nitrogens with zero attached hydrogens (tertiary/aromatic N) is 3. The van der Waals surface area contributed by atoms with Crippen molar-refractivity contribution in [3.05, 3.63) is 58.6 Å². The third-order valence-electron chi connectivity index (χ3n) is 5.07. The molecule has 1 N–H and O–H groups in total. The zero-order valence-corrected chi connectivity index (χ0v) is 19.3. The fourth-order valence-corrected chi connectivity index (χ4v) is 5.27. The number of amidine groups is 1. The Kier molecular flexibility index (Phi) is 5.87. The van der Waals surface area contributed by atoms with Gasteiger partial charge in [0.25, 0.3) is 5.91 Å². The first-order valence-corrected chi connectivity index (χ1v) is 11.1. The van der Waals surface area contributed by atoms with Crippen LogP contribution >= 0.6 is 23.4 Å². The minimum atomic E-state index is -1.42. The Morgan fingerprint density at radius 1 is 1.22 bits per heavy atom. The molecule has 3 amide bonds. The monoisotopic (exact) mass is 472 g/mol. The molecule has 1 spiro atoms. The molecule has 8 nitrogen and oxygen atoms in total. The Hall–Kier alpha value is -3.04. The molecule has 0 radical (unpaired) electrons. The molecule has 10 heteroatoms. The van der Waals surface area contributed by atoms with Crippen LogP contribution < -0.4 is 15.0 Å². The Balaban J connectivity index is 1.67. The van der Waals surface area contributed by atoms with Gasteiger partial charge >= 0.3 is 0 Å². The van der Waals surface area contributed by atoms with Gasteiger partial charge < -0.3 is 15.0 Å². The van der Waals surface area contributed by atoms with Crippen LogP contribution in [0.4, 0.5) is 5.69 Å². The van der Waals surface area contributed by atoms with E-state index in [9.17, 15) is 14.4 Å². The van der Waals surface area contributed by atoms with E-state index in [1.165, 1.54) is 13.8 Å². The molecular formula is C22H21ClN4O4S. The van der Waals surface area contributed by atoms with Crippen LogP contribution in [-0.4, -0.2) is 41.0 Å². The molecule has 0 aliphatic carbocycles. The van der Waals surface area contributed by atoms with Crippen molar-refractivity contribution < 1.29 is 19.1 Å². The van der Waals surface area contributed by atoms with Gasteiger partial charge in [-0.1, -0.05) is 41.4 Å². The van der Waals surface area contributed by atoms with Crippen molar-refractivity contribution in [2.45, 2.75) is 25.6 Å². The van der Waals surface area contributed by atoms with E-state index >= 15 is 0 Å². The quantitative estimate of drug-likeness (QED) is 0.737. The Labute approximate surface area is 194 Å². The molecule has 0 unspecified atom stereocenters. The predicted octanol–water partition coefficient (Wildman–Crippen LogP) is 3.23. The van der Waals surface area contributed by atoms with Gasteiger partial charge in [0, 0.05) is 19.4 Å². The molecule has 2 heterocycles. The van der Waals surface area contributed by atoms with E-state index in [-0.39, 0.29) is 30.1 Å². The van der Waals surface area contributed by atoms with E-state index in [1.54, 1.807) is 17.0 Å². The van der Waals surface area contributed by atoms with Gasteiger partial charge in [-0.2, -0.15) is 5.01 Å². The summed E-state index contributed by atoms with van der Waals surface area (Å²) in [6, 6.07) is 12.7. The smallest absolute Gasteiger partial charge is 0.270 e. The number of benzene rings is 2. The standard InChI is InChI=1S/C22H21ClN4O4S/c1-13-8-9-18-16(12-13)22(27(15(3)29)25-21(32-22)24-14(2)28)20(30)26(18)10-11-31-19-7-5-4-6-17(19)23/h4-9,12H,10-11H2,1-3H3,(H,24,25,28)/t22-/m0/s1. The largest absolute Gasteiger partial charge is 0.490 e. The molecule has 0 fully saturated rings. The maximum Gasteiger partial charge on any atom is 0.270 e. The first kappa shape index (κ1) is 22.2. The Morgan fingerprint density at radius 3 is 2.66 bits per heavy atom. The molecule has 2 aromatic carbocycles. The highest BCUT2D eigenvalue weighted by molar-refractivity contribution is 8.15. The summed E-state index contributed by atoms with van der Waals surface area (Å²) in [5.41, 5.74) is 2.24. The normalized spacial score (nSPS) is 19.2. The zero-order valence-electron chi connectivity index (χ0n) is 17.7. The van der Waals surface area contributed by atoms with Crippen LogP contribution in [0.5, 0.6) is 5.75 Å². The molecule has 2 aliphatic heterocycles. The fraction of sp³-hybridized carbons (Fsp3) is 0.273. The number of ether oxygens (including phenoxy) is 1. The van der Waals surface area contributed by atoms with Crippen LogP contribution in [0.3, 0.4) is 0 Å². The van der Waals surface area contributed by atoms with Gasteiger partial charge in [0.15, 0.2) is 5.17 Å². The summed E-state index contributed by atoms with van der Waals surface area (Å²) in [5.74, 6) is -0.550. The van der Waals surface area contributed by atoms with Gasteiger partial charge in [-0.3, -0.25) is 14.4 Å². The van der Waals surface area contributed by atoms with Gasteiger partial charge in [-0.25, -0.2) is 0 Å². The maximum absolute atomic E-state index is 13.8. The van der Waals surface area contributed by atoms with Gasteiger partial charge in [0.1, 0.15) is 12.4 Å². The number of para-hydroxylation sites is 1. The third kappa shape index (κ3) is 3.71. The van der Waals surface area contributed by atoms with Crippen molar-refractivity contribution >= 4 is 51.9 Å². The highest BCUT2D eigenvalue weighted by Gasteiger charge is 2.61. The Bertz CT molecular complexity index is 1150. The van der Waals surface area contributed by atoms with Crippen molar-refractivity contribution in [2.75, 3.05) is 18.1 Å². The number of hydrogen-bond acceptors (Lipinski definition) is 6. The lowest BCUT2D eigenvalue weighted by Gasteiger charge is -2.29. The highest BCUT2D eigenvalue weighted by atomic mass is 35.5. The van der Waals surface area contributed by atoms with E-state index in [0.29, 0.717) is 22.0 Å². The van der Waals surface area contributed by atoms with E-state index in [4.69, 9.17) is 16.3 Å². The van der Waals surface area contributed by atoms with Gasteiger partial charge in [0.05, 0.1) is 17.3 Å². The molecule has 0 saturated heterocycles. The lowest BCUT2D eigenvalue weighted by Crippen LogP contribution is -2.49. The van der Waals surface area contributed by atoms with Gasteiger partial charge in [-0.05, 0) is 36.9 Å². The SMILES string of the molecule is CC(=O)NC1=NN(C(C)=O)[C@@]2(S1)C(=O)N(CCOc1ccccc1Cl)c1ccc(C)cc12. The van der Waals surface area contributed by atoms with Crippen LogP contribution in [0.2, 0.25) is 5.02 Å². The van der Waals surface area contributed by atoms with Crippen LogP contribution in [0.15, 0.2) is 47.6 Å². The number of amides is 3. The number of nitrogens with one attached hydrogen (secondary N) is 1. The van der Waals surface area contributed by atoms with E-state index < -0.39 is 10.8 Å². The summed E-state index contributed by atoms with van der Waals surface area (Å²) < 4.78 is 5.79. The van der Waals surface area contributed by atoms with Crippen molar-refractivity contribution in [3.8, 4) is 5.75 Å². The van der Waals surface area contributed by atoms with E-state index in [0.717, 1.165) is 22.3 Å². The number of aryl methyl sites for hydroxylation is 1. The molecule has 4 rings (SSSR count). The van der Waals surface area contributed by atoms with Crippen LogP contribution in [0.25, 0.3) is 0 Å². The first-order valence-electron chi connectivity index (χ1n) is 9.90. The van der Waals surface area contributed by atoms with Crippen molar-refractivity contribution in [3.63, 3.8) is 0 Å². The minimum Gasteiger partial charge on any atom is -0.490 e. The molecular weight excluding hydrogens is 452 g/mol. The molecule has 2 aliphatic rings. The first-order chi connectivity index (χ1) is 15.2. The Morgan fingerprint density at radius 2 is 1.97 bits per heavy atom. The summed E-state index contributed by atoms with van der Waals surface area (Å²) in [6.07, 6.45) is 0. The van der Waals surface area contributed by atoms with Crippen LogP contribution in [0.1, 0.15) is 25.0 Å². The van der Waals surface area contributed by atoms with Gasteiger partial charge in [-0.15, -0.1) is 5.10 Å². The summed E-state index contributed by atoms with van der Waals surface area (Å²) in [5, 5.41) is 8.68. The molecule has 166 valence electrons. The van der Waals surface area contributed by atoms with Crippen molar-refractivity contribution in [1.29, 1.82) is 0 Å². The number of rotatable bonds is 4. The van der Waals surface area contributed by atoms with E-state index in [2.05, 4.69) is 10.4 Å². The number of halogens is 1. The molecule has 1 atom stereocenters. The molecule has 2 aromatic rings. The number of carbonyl (C=O) groups excluding carboxylic acids is 3. The summed E-state index contributed by atoms with van der Waals surface area (Å²) in [6.45, 7) is 5.04. The molecule has 0 aromatic heterocycles. The summed E-state index contributed by atoms with van der Waals surface area (Å²) in [7, 11) is 0. The van der Waals surface area contributed by atoms with Crippen LogP contribution in [-0.2, 0) is 19.3 Å². The highest BCUT2D eigenvalue weighted by Crippen LogP contribution is 2.54. The lowest BCUT2D eigenvalue weighted by atomic mass is 10.0. The van der Waals surface area contributed by atoms with Gasteiger partial charge in [0.2, 0.25) is 16.7 Å². The molecule has 32 heavy (non-hydrogen) atoms. The third-order valence-corrected chi connectivity index (χ3v) is 6.62. The van der Waals surface area contributed by atoms with Crippen molar-refractivity contribution in [2.24, 2.45) is 5.10 Å². The fourth-order valence-electron chi connectivity index (χ4n) is 3.76. The zero-order chi connectivity index (χ0) is 23.0. The number of thioether (sulfide) groups is 1. The number of hydrogen-bond donors (Lipinski definition) is 1. The average Bonchev–Trinajstić information content (AvgIpc) is 3.21.